The zero-order valence-corrected chi connectivity index (χ0v) is 21.5. The molecule has 3 aromatic rings. The lowest BCUT2D eigenvalue weighted by molar-refractivity contribution is -0.129. The molecule has 0 bridgehead atoms. The molecule has 1 aromatic heterocycles. The number of amides is 1. The first-order chi connectivity index (χ1) is 16.9. The number of rotatable bonds is 7. The van der Waals surface area contributed by atoms with Gasteiger partial charge in [-0.1, -0.05) is 15.9 Å². The fraction of sp³-hybridized carbons (Fsp3) is 0.333. The van der Waals surface area contributed by atoms with Crippen LogP contribution >= 0.6 is 15.9 Å². The Balaban J connectivity index is 1.77. The van der Waals surface area contributed by atoms with E-state index in [-0.39, 0.29) is 17.4 Å². The van der Waals surface area contributed by atoms with Crippen LogP contribution in [0.15, 0.2) is 40.9 Å². The maximum absolute atomic E-state index is 13.8. The second kappa shape index (κ2) is 10.3. The van der Waals surface area contributed by atoms with E-state index in [9.17, 15) is 9.59 Å². The van der Waals surface area contributed by atoms with Gasteiger partial charge in [0.15, 0.2) is 23.0 Å². The third kappa shape index (κ3) is 4.95. The van der Waals surface area contributed by atoms with Crippen molar-refractivity contribution in [3.05, 3.63) is 52.1 Å². The lowest BCUT2D eigenvalue weighted by Gasteiger charge is -2.34. The predicted octanol–water partition coefficient (Wildman–Crippen LogP) is 2.96. The normalized spacial score (nSPS) is 13.5. The van der Waals surface area contributed by atoms with E-state index in [1.54, 1.807) is 24.0 Å². The molecule has 1 aliphatic heterocycles. The van der Waals surface area contributed by atoms with Crippen molar-refractivity contribution < 1.29 is 23.8 Å². The SMILES string of the molecule is COc1cc(C(=O)c2nn(-c3ccc(Br)cc3)nc2N2CCN(C(C)=O)CC2)cc(OC)c1OC. The number of carbonyl (C=O) groups excluding carboxylic acids is 2. The number of piperazine rings is 1. The Morgan fingerprint density at radius 1 is 0.886 bits per heavy atom. The molecule has 184 valence electrons. The summed E-state index contributed by atoms with van der Waals surface area (Å²) in [7, 11) is 4.50. The molecule has 0 spiro atoms. The average molecular weight is 544 g/mol. The van der Waals surface area contributed by atoms with Gasteiger partial charge in [-0.05, 0) is 36.4 Å². The molecule has 0 aliphatic carbocycles. The van der Waals surface area contributed by atoms with Crippen molar-refractivity contribution in [3.63, 3.8) is 0 Å². The third-order valence-corrected chi connectivity index (χ3v) is 6.35. The molecule has 2 heterocycles. The van der Waals surface area contributed by atoms with E-state index in [0.717, 1.165) is 4.47 Å². The number of anilines is 1. The van der Waals surface area contributed by atoms with Gasteiger partial charge in [0.2, 0.25) is 17.4 Å². The highest BCUT2D eigenvalue weighted by molar-refractivity contribution is 9.10. The fourth-order valence-corrected chi connectivity index (χ4v) is 4.20. The van der Waals surface area contributed by atoms with Gasteiger partial charge in [-0.3, -0.25) is 9.59 Å². The van der Waals surface area contributed by atoms with Gasteiger partial charge in [-0.25, -0.2) is 0 Å². The van der Waals surface area contributed by atoms with E-state index >= 15 is 0 Å². The highest BCUT2D eigenvalue weighted by atomic mass is 79.9. The van der Waals surface area contributed by atoms with Crippen molar-refractivity contribution in [1.29, 1.82) is 0 Å². The number of ether oxygens (including phenoxy) is 3. The Labute approximate surface area is 211 Å². The van der Waals surface area contributed by atoms with E-state index in [2.05, 4.69) is 26.1 Å². The molecule has 1 aliphatic rings. The summed E-state index contributed by atoms with van der Waals surface area (Å²) in [4.78, 5) is 30.7. The second-order valence-electron chi connectivity index (χ2n) is 7.87. The van der Waals surface area contributed by atoms with Crippen LogP contribution in [0.5, 0.6) is 17.2 Å². The summed E-state index contributed by atoms with van der Waals surface area (Å²) in [6.45, 7) is 3.71. The number of halogens is 1. The molecule has 1 amide bonds. The molecule has 0 N–H and O–H groups in total. The predicted molar refractivity (Wildman–Crippen MR) is 133 cm³/mol. The summed E-state index contributed by atoms with van der Waals surface area (Å²) in [6, 6.07) is 10.7. The lowest BCUT2D eigenvalue weighted by atomic mass is 10.1. The third-order valence-electron chi connectivity index (χ3n) is 5.82. The van der Waals surface area contributed by atoms with Crippen LogP contribution in [0.3, 0.4) is 0 Å². The van der Waals surface area contributed by atoms with Crippen LogP contribution in [-0.2, 0) is 4.79 Å². The largest absolute Gasteiger partial charge is 0.493 e. The number of nitrogens with zero attached hydrogens (tertiary/aromatic N) is 5. The quantitative estimate of drug-likeness (QED) is 0.419. The van der Waals surface area contributed by atoms with E-state index in [0.29, 0.717) is 60.5 Å². The van der Waals surface area contributed by atoms with E-state index in [1.165, 1.54) is 26.1 Å². The minimum atomic E-state index is -0.336. The Morgan fingerprint density at radius 3 is 2.00 bits per heavy atom. The Kier molecular flexibility index (Phi) is 7.25. The summed E-state index contributed by atoms with van der Waals surface area (Å²) in [5.74, 6) is 1.27. The Morgan fingerprint density at radius 2 is 1.49 bits per heavy atom. The molecular formula is C24H26BrN5O5. The van der Waals surface area contributed by atoms with Crippen molar-refractivity contribution in [3.8, 4) is 22.9 Å². The van der Waals surface area contributed by atoms with Crippen molar-refractivity contribution in [2.45, 2.75) is 6.92 Å². The number of benzene rings is 2. The van der Waals surface area contributed by atoms with Crippen LogP contribution in [0, 0.1) is 0 Å². The lowest BCUT2D eigenvalue weighted by Crippen LogP contribution is -2.48. The van der Waals surface area contributed by atoms with Crippen molar-refractivity contribution in [1.82, 2.24) is 19.9 Å². The zero-order chi connectivity index (χ0) is 25.1. The number of hydrogen-bond donors (Lipinski definition) is 0. The maximum atomic E-state index is 13.8. The van der Waals surface area contributed by atoms with E-state index in [4.69, 9.17) is 14.2 Å². The Hall–Kier alpha value is -3.60. The molecule has 0 radical (unpaired) electrons. The van der Waals surface area contributed by atoms with Crippen LogP contribution in [-0.4, -0.2) is 79.1 Å². The highest BCUT2D eigenvalue weighted by Gasteiger charge is 2.29. The van der Waals surface area contributed by atoms with Gasteiger partial charge in [-0.15, -0.1) is 15.0 Å². The zero-order valence-electron chi connectivity index (χ0n) is 19.9. The summed E-state index contributed by atoms with van der Waals surface area (Å²) < 4.78 is 17.1. The van der Waals surface area contributed by atoms with Gasteiger partial charge < -0.3 is 24.0 Å². The summed E-state index contributed by atoms with van der Waals surface area (Å²) in [5, 5.41) is 9.25. The maximum Gasteiger partial charge on any atom is 0.219 e. The molecule has 0 atom stereocenters. The topological polar surface area (TPSA) is 99.0 Å². The van der Waals surface area contributed by atoms with Crippen LogP contribution < -0.4 is 19.1 Å². The van der Waals surface area contributed by atoms with Gasteiger partial charge in [0.1, 0.15) is 0 Å². The molecular weight excluding hydrogens is 518 g/mol. The van der Waals surface area contributed by atoms with Gasteiger partial charge in [0, 0.05) is 43.1 Å². The summed E-state index contributed by atoms with van der Waals surface area (Å²) in [6.07, 6.45) is 0. The number of aromatic nitrogens is 3. The molecule has 10 nitrogen and oxygen atoms in total. The molecule has 11 heteroatoms. The average Bonchev–Trinajstić information content (AvgIpc) is 3.33. The standard InChI is InChI=1S/C24H26BrN5O5/c1-15(31)28-9-11-29(12-10-28)24-21(26-30(27-24)18-7-5-17(25)6-8-18)22(32)16-13-19(33-2)23(35-4)20(14-16)34-3/h5-8,13-14H,9-12H2,1-4H3. The highest BCUT2D eigenvalue weighted by Crippen LogP contribution is 2.39. The summed E-state index contributed by atoms with van der Waals surface area (Å²) >= 11 is 3.43. The minimum absolute atomic E-state index is 0.0249. The fourth-order valence-electron chi connectivity index (χ4n) is 3.93. The van der Waals surface area contributed by atoms with Crippen LogP contribution in [0.25, 0.3) is 5.69 Å². The molecule has 35 heavy (non-hydrogen) atoms. The number of hydrogen-bond acceptors (Lipinski definition) is 8. The number of carbonyl (C=O) groups is 2. The molecule has 1 fully saturated rings. The minimum Gasteiger partial charge on any atom is -0.493 e. The van der Waals surface area contributed by atoms with Gasteiger partial charge in [0.05, 0.1) is 27.0 Å². The smallest absolute Gasteiger partial charge is 0.219 e. The van der Waals surface area contributed by atoms with Gasteiger partial charge in [0.25, 0.3) is 0 Å². The first-order valence-electron chi connectivity index (χ1n) is 10.9. The van der Waals surface area contributed by atoms with E-state index < -0.39 is 0 Å². The first kappa shape index (κ1) is 24.5. The number of ketones is 1. The Bertz CT molecular complexity index is 1210. The molecule has 0 unspecified atom stereocenters. The molecule has 2 aromatic carbocycles. The van der Waals surface area contributed by atoms with Crippen molar-refractivity contribution in [2.24, 2.45) is 0 Å². The van der Waals surface area contributed by atoms with E-state index in [1.807, 2.05) is 29.2 Å². The van der Waals surface area contributed by atoms with Gasteiger partial charge in [-0.2, -0.15) is 0 Å². The van der Waals surface area contributed by atoms with Crippen LogP contribution in [0.1, 0.15) is 23.0 Å². The van der Waals surface area contributed by atoms with Crippen LogP contribution in [0.2, 0.25) is 0 Å². The van der Waals surface area contributed by atoms with Gasteiger partial charge >= 0.3 is 0 Å². The van der Waals surface area contributed by atoms with Crippen LogP contribution in [0.4, 0.5) is 5.82 Å². The molecule has 1 saturated heterocycles. The molecule has 0 saturated carbocycles. The summed E-state index contributed by atoms with van der Waals surface area (Å²) in [5.41, 5.74) is 1.23. The second-order valence-corrected chi connectivity index (χ2v) is 8.79. The first-order valence-corrected chi connectivity index (χ1v) is 11.7. The molecule has 4 rings (SSSR count). The van der Waals surface area contributed by atoms with Crippen molar-refractivity contribution in [2.75, 3.05) is 52.4 Å². The monoisotopic (exact) mass is 543 g/mol. The number of methoxy groups -OCH3 is 3. The van der Waals surface area contributed by atoms with Crippen molar-refractivity contribution >= 4 is 33.4 Å².